The second-order valence-electron chi connectivity index (χ2n) is 16.7. The lowest BCUT2D eigenvalue weighted by atomic mass is 9.79. The number of carbonyl (C=O) groups excluding carboxylic acids is 2. The average molecular weight is 705 g/mol. The molecule has 0 radical (unpaired) electrons. The minimum absolute atomic E-state index is 0.000775. The number of rotatable bonds is 12. The van der Waals surface area contributed by atoms with Gasteiger partial charge in [0.25, 0.3) is 0 Å². The number of hydrogen-bond acceptors (Lipinski definition) is 7. The lowest BCUT2D eigenvalue weighted by Crippen LogP contribution is -2.21. The summed E-state index contributed by atoms with van der Waals surface area (Å²) in [5.74, 6) is -0.196. The fraction of sp³-hybridized carbons (Fsp3) is 0.535. The van der Waals surface area contributed by atoms with Crippen molar-refractivity contribution in [3.05, 3.63) is 86.0 Å². The lowest BCUT2D eigenvalue weighted by molar-refractivity contribution is 0.0469. The molecule has 0 fully saturated rings. The van der Waals surface area contributed by atoms with Gasteiger partial charge in [0, 0.05) is 22.5 Å². The number of esters is 2. The van der Waals surface area contributed by atoms with E-state index in [9.17, 15) is 19.2 Å². The van der Waals surface area contributed by atoms with Crippen LogP contribution >= 0.6 is 12.0 Å². The second kappa shape index (κ2) is 16.4. The predicted molar refractivity (Wildman–Crippen MR) is 206 cm³/mol. The third-order valence-electron chi connectivity index (χ3n) is 9.36. The van der Waals surface area contributed by atoms with Crippen molar-refractivity contribution < 1.29 is 28.7 Å². The number of hydrogen-bond donors (Lipinski definition) is 2. The molecule has 0 unspecified atom stereocenters. The van der Waals surface area contributed by atoms with Crippen molar-refractivity contribution >= 4 is 24.0 Å². The van der Waals surface area contributed by atoms with Crippen molar-refractivity contribution in [2.45, 2.75) is 156 Å². The molecule has 0 aliphatic carbocycles. The Hall–Kier alpha value is -3.29. The molecule has 50 heavy (non-hydrogen) atoms. The van der Waals surface area contributed by atoms with Gasteiger partial charge in [0.05, 0.1) is 11.1 Å². The van der Waals surface area contributed by atoms with Crippen molar-refractivity contribution in [1.29, 1.82) is 0 Å². The van der Waals surface area contributed by atoms with Crippen LogP contribution < -0.4 is 4.74 Å². The molecule has 0 heterocycles. The van der Waals surface area contributed by atoms with Crippen LogP contribution in [0.5, 0.6) is 11.5 Å². The molecule has 0 amide bonds. The summed E-state index contributed by atoms with van der Waals surface area (Å²) in [6.07, 6.45) is 5.14. The van der Waals surface area contributed by atoms with Crippen LogP contribution in [0, 0.1) is 13.8 Å². The van der Waals surface area contributed by atoms with E-state index in [0.717, 1.165) is 87.1 Å². The van der Waals surface area contributed by atoms with E-state index >= 15 is 0 Å². The standard InChI is InChI=1S/C43H60O6S/c1-14-16-18-28-21-30(22-29(36(28)44)19-17-15-2)40(46)49-37-27(4)32(26(3)20-33(37)41(5,6)7)25-48-39(45)31-23-34(42(8,9)10)38(50-47)35(24-31)43(11,12)13/h20-24,44,47H,14-19,25H2,1-13H3. The highest BCUT2D eigenvalue weighted by Crippen LogP contribution is 2.41. The molecule has 3 aromatic carbocycles. The maximum atomic E-state index is 13.9. The molecule has 2 N–H and O–H groups in total. The second-order valence-corrected chi connectivity index (χ2v) is 17.3. The molecule has 0 saturated heterocycles. The van der Waals surface area contributed by atoms with Crippen molar-refractivity contribution in [1.82, 2.24) is 0 Å². The highest BCUT2D eigenvalue weighted by atomic mass is 32.2. The van der Waals surface area contributed by atoms with Gasteiger partial charge in [0.2, 0.25) is 0 Å². The molecule has 0 aromatic heterocycles. The molecule has 7 heteroatoms. The summed E-state index contributed by atoms with van der Waals surface area (Å²) >= 11 is 0.721. The summed E-state index contributed by atoms with van der Waals surface area (Å²) in [5, 5.41) is 11.0. The van der Waals surface area contributed by atoms with Crippen LogP contribution in [0.3, 0.4) is 0 Å². The highest BCUT2D eigenvalue weighted by Gasteiger charge is 2.30. The largest absolute Gasteiger partial charge is 0.507 e. The predicted octanol–water partition coefficient (Wildman–Crippen LogP) is 11.7. The average Bonchev–Trinajstić information content (AvgIpc) is 3.02. The van der Waals surface area contributed by atoms with E-state index in [2.05, 4.69) is 76.2 Å². The molecular formula is C43H60O6S. The first-order valence-corrected chi connectivity index (χ1v) is 18.8. The van der Waals surface area contributed by atoms with Crippen LogP contribution in [0.25, 0.3) is 0 Å². The van der Waals surface area contributed by atoms with Gasteiger partial charge in [-0.05, 0) is 119 Å². The minimum Gasteiger partial charge on any atom is -0.507 e. The Bertz CT molecular complexity index is 1630. The number of benzene rings is 3. The Kier molecular flexibility index (Phi) is 13.5. The monoisotopic (exact) mass is 704 g/mol. The molecule has 3 aromatic rings. The van der Waals surface area contributed by atoms with Crippen LogP contribution in [-0.2, 0) is 40.4 Å². The van der Waals surface area contributed by atoms with E-state index in [0.29, 0.717) is 29.7 Å². The molecule has 0 bridgehead atoms. The zero-order valence-corrected chi connectivity index (χ0v) is 33.6. The molecule has 0 saturated carbocycles. The van der Waals surface area contributed by atoms with E-state index in [1.54, 1.807) is 12.1 Å². The van der Waals surface area contributed by atoms with Crippen molar-refractivity contribution in [3.63, 3.8) is 0 Å². The summed E-state index contributed by atoms with van der Waals surface area (Å²) in [6.45, 7) is 26.7. The summed E-state index contributed by atoms with van der Waals surface area (Å²) in [6, 6.07) is 9.21. The van der Waals surface area contributed by atoms with E-state index in [1.807, 2.05) is 32.0 Å². The van der Waals surface area contributed by atoms with Crippen molar-refractivity contribution in [2.24, 2.45) is 0 Å². The third-order valence-corrected chi connectivity index (χ3v) is 9.98. The van der Waals surface area contributed by atoms with Gasteiger partial charge < -0.3 is 19.1 Å². The maximum absolute atomic E-state index is 13.9. The third kappa shape index (κ3) is 9.73. The van der Waals surface area contributed by atoms with Gasteiger partial charge in [-0.1, -0.05) is 95.1 Å². The number of phenolic OH excluding ortho intramolecular Hbond substituents is 1. The van der Waals surface area contributed by atoms with Crippen LogP contribution in [0.15, 0.2) is 35.2 Å². The van der Waals surface area contributed by atoms with Gasteiger partial charge >= 0.3 is 11.9 Å². The SMILES string of the molecule is CCCCc1cc(C(=O)Oc2c(C(C)(C)C)cc(C)c(COC(=O)c3cc(C(C)(C)C)c(SO)c(C(C)(C)C)c3)c2C)cc(CCCC)c1O. The zero-order chi connectivity index (χ0) is 37.8. The topological polar surface area (TPSA) is 93.1 Å². The molecule has 0 aliphatic heterocycles. The first kappa shape index (κ1) is 41.1. The number of unbranched alkanes of at least 4 members (excludes halogenated alkanes) is 2. The van der Waals surface area contributed by atoms with Gasteiger partial charge in [-0.25, -0.2) is 9.59 Å². The summed E-state index contributed by atoms with van der Waals surface area (Å²) in [5.41, 5.74) is 6.51. The molecular weight excluding hydrogens is 645 g/mol. The first-order valence-electron chi connectivity index (χ1n) is 18.0. The molecule has 0 aliphatic rings. The normalized spacial score (nSPS) is 12.3. The smallest absolute Gasteiger partial charge is 0.343 e. The number of ether oxygens (including phenoxy) is 2. The van der Waals surface area contributed by atoms with E-state index in [1.165, 1.54) is 0 Å². The molecule has 3 rings (SSSR count). The summed E-state index contributed by atoms with van der Waals surface area (Å²) in [7, 11) is 0. The molecule has 274 valence electrons. The minimum atomic E-state index is -0.479. The fourth-order valence-electron chi connectivity index (χ4n) is 6.24. The maximum Gasteiger partial charge on any atom is 0.343 e. The molecule has 0 spiro atoms. The number of aryl methyl sites for hydroxylation is 3. The Morgan fingerprint density at radius 3 is 1.58 bits per heavy atom. The van der Waals surface area contributed by atoms with E-state index in [4.69, 9.17) is 9.47 Å². The van der Waals surface area contributed by atoms with Crippen molar-refractivity contribution in [3.8, 4) is 11.5 Å². The number of carbonyl (C=O) groups is 2. The van der Waals surface area contributed by atoms with Crippen LogP contribution in [0.4, 0.5) is 0 Å². The zero-order valence-electron chi connectivity index (χ0n) is 32.8. The number of phenols is 1. The Morgan fingerprint density at radius 2 is 1.16 bits per heavy atom. The van der Waals surface area contributed by atoms with E-state index in [-0.39, 0.29) is 28.6 Å². The van der Waals surface area contributed by atoms with Gasteiger partial charge in [-0.15, -0.1) is 0 Å². The highest BCUT2D eigenvalue weighted by molar-refractivity contribution is 7.93. The van der Waals surface area contributed by atoms with Crippen LogP contribution in [-0.4, -0.2) is 21.6 Å². The molecule has 0 atom stereocenters. The van der Waals surface area contributed by atoms with Gasteiger partial charge in [0.1, 0.15) is 18.1 Å². The van der Waals surface area contributed by atoms with Crippen LogP contribution in [0.1, 0.15) is 167 Å². The summed E-state index contributed by atoms with van der Waals surface area (Å²) in [4.78, 5) is 28.4. The lowest BCUT2D eigenvalue weighted by Gasteiger charge is -2.29. The van der Waals surface area contributed by atoms with Crippen molar-refractivity contribution in [2.75, 3.05) is 0 Å². The van der Waals surface area contributed by atoms with Crippen LogP contribution in [0.2, 0.25) is 0 Å². The Labute approximate surface area is 305 Å². The van der Waals surface area contributed by atoms with E-state index < -0.39 is 11.9 Å². The Morgan fingerprint density at radius 1 is 0.700 bits per heavy atom. The van der Waals surface area contributed by atoms with Gasteiger partial charge in [-0.3, -0.25) is 0 Å². The molecule has 6 nitrogen and oxygen atoms in total. The first-order chi connectivity index (χ1) is 23.1. The number of aromatic hydroxyl groups is 1. The quantitative estimate of drug-likeness (QED) is 0.110. The van der Waals surface area contributed by atoms with Gasteiger partial charge in [-0.2, -0.15) is 0 Å². The summed E-state index contributed by atoms with van der Waals surface area (Å²) < 4.78 is 22.5. The van der Waals surface area contributed by atoms with Gasteiger partial charge in [0.15, 0.2) is 0 Å². The Balaban J connectivity index is 2.06. The fourth-order valence-corrected chi connectivity index (χ4v) is 7.17.